The molecule has 3 aliphatic rings. The SMILES string of the molecule is COC[C@H]1CN[C@H](C)CN1CC(=O)N1CC(C)(C)c2ncc(Cc3ccccc3OCCN3CCN(CCOCCOCCOCCOCC(=O)Nc4ccc(Nc5ncc(C(F)(F)F)c(NCc6cccc(S(C)(=O)=O)c6)n5)cc4)CC3)cc21. The Kier molecular flexibility index (Phi) is 23.4. The standard InChI is InChI=1S/C60H80F3N11O10S/c1-43-38-73(49(36-64-43)40-79-4)39-55(76)74-42-59(2,3)56-52(74)33-45(35-65-56)31-46-10-6-7-12-53(46)84-24-22-72-19-17-71(18-20-72)21-23-80-25-26-81-27-28-82-29-30-83-41-54(75)68-47-13-15-48(16-14-47)69-58-67-37-51(60(61,62)63)57(70-58)66-34-44-9-8-11-50(32-44)85(5,77)78/h6-16,32-33,35,37,43,49,64H,17-31,34,36,38-42H2,1-5H3,(H,68,75)(H2,66,67,69,70)/t43-,49-/m1/s1. The third-order valence-corrected chi connectivity index (χ3v) is 15.9. The molecule has 0 unspecified atom stereocenters. The number of anilines is 5. The molecule has 3 aliphatic heterocycles. The topological polar surface area (TPSA) is 223 Å². The smallest absolute Gasteiger partial charge is 0.421 e. The first kappa shape index (κ1) is 64.6. The summed E-state index contributed by atoms with van der Waals surface area (Å²) >= 11 is 0. The van der Waals surface area contributed by atoms with Crippen LogP contribution in [-0.2, 0) is 67.7 Å². The molecule has 5 aromatic rings. The van der Waals surface area contributed by atoms with Crippen molar-refractivity contribution in [1.29, 1.82) is 0 Å². The maximum absolute atomic E-state index is 14.0. The molecule has 462 valence electrons. The van der Waals surface area contributed by atoms with Gasteiger partial charge in [-0.2, -0.15) is 18.2 Å². The highest BCUT2D eigenvalue weighted by atomic mass is 32.2. The van der Waals surface area contributed by atoms with Gasteiger partial charge < -0.3 is 54.6 Å². The number of rotatable bonds is 31. The molecule has 0 aliphatic carbocycles. The van der Waals surface area contributed by atoms with Crippen LogP contribution in [0.25, 0.3) is 0 Å². The van der Waals surface area contributed by atoms with Crippen molar-refractivity contribution in [3.05, 3.63) is 119 Å². The average molecular weight is 1200 g/mol. The average Bonchev–Trinajstić information content (AvgIpc) is 1.85. The van der Waals surface area contributed by atoms with Crippen molar-refractivity contribution < 1.29 is 59.6 Å². The predicted molar refractivity (Wildman–Crippen MR) is 317 cm³/mol. The Morgan fingerprint density at radius 1 is 0.800 bits per heavy atom. The van der Waals surface area contributed by atoms with Crippen LogP contribution in [0, 0.1) is 0 Å². The van der Waals surface area contributed by atoms with Crippen molar-refractivity contribution in [1.82, 2.24) is 35.0 Å². The van der Waals surface area contributed by atoms with Crippen molar-refractivity contribution >= 4 is 50.5 Å². The monoisotopic (exact) mass is 1200 g/mol. The molecule has 25 heteroatoms. The molecule has 0 radical (unpaired) electrons. The number of ether oxygens (including phenoxy) is 6. The largest absolute Gasteiger partial charge is 0.492 e. The van der Waals surface area contributed by atoms with E-state index in [4.69, 9.17) is 33.4 Å². The zero-order valence-electron chi connectivity index (χ0n) is 49.1. The maximum Gasteiger partial charge on any atom is 0.421 e. The minimum atomic E-state index is -4.75. The summed E-state index contributed by atoms with van der Waals surface area (Å²) in [4.78, 5) is 48.3. The molecule has 2 saturated heterocycles. The minimum absolute atomic E-state index is 0.0411. The fourth-order valence-electron chi connectivity index (χ4n) is 10.3. The van der Waals surface area contributed by atoms with Crippen LogP contribution in [0.2, 0.25) is 0 Å². The molecule has 4 N–H and O–H groups in total. The van der Waals surface area contributed by atoms with Crippen molar-refractivity contribution in [2.75, 3.05) is 166 Å². The Balaban J connectivity index is 0.636. The number of carbonyl (C=O) groups is 2. The Bertz CT molecular complexity index is 3080. The second kappa shape index (κ2) is 30.8. The van der Waals surface area contributed by atoms with E-state index < -0.39 is 33.3 Å². The number of hydrogen-bond donors (Lipinski definition) is 4. The van der Waals surface area contributed by atoms with Crippen molar-refractivity contribution in [3.8, 4) is 5.75 Å². The van der Waals surface area contributed by atoms with E-state index in [2.05, 4.69) is 78.8 Å². The first-order chi connectivity index (χ1) is 40.8. The van der Waals surface area contributed by atoms with Gasteiger partial charge in [-0.1, -0.05) is 44.2 Å². The number of piperazine rings is 2. The van der Waals surface area contributed by atoms with Gasteiger partial charge in [-0.05, 0) is 72.1 Å². The molecule has 8 rings (SSSR count). The van der Waals surface area contributed by atoms with Gasteiger partial charge in [-0.15, -0.1) is 0 Å². The molecule has 21 nitrogen and oxygen atoms in total. The van der Waals surface area contributed by atoms with Gasteiger partial charge in [0.1, 0.15) is 30.3 Å². The summed E-state index contributed by atoms with van der Waals surface area (Å²) in [6.07, 6.45) is -0.461. The van der Waals surface area contributed by atoms with E-state index in [1.165, 1.54) is 18.2 Å². The number of methoxy groups -OCH3 is 1. The number of carbonyl (C=O) groups excluding carboxylic acids is 2. The van der Waals surface area contributed by atoms with E-state index in [1.54, 1.807) is 37.4 Å². The number of fused-ring (bicyclic) bond motifs is 1. The van der Waals surface area contributed by atoms with Crippen molar-refractivity contribution in [3.63, 3.8) is 0 Å². The molecule has 0 spiro atoms. The lowest BCUT2D eigenvalue weighted by molar-refractivity contribution is -0.137. The summed E-state index contributed by atoms with van der Waals surface area (Å²) in [5.74, 6) is -0.0578. The minimum Gasteiger partial charge on any atom is -0.492 e. The van der Waals surface area contributed by atoms with Gasteiger partial charge in [0, 0.05) is 127 Å². The fourth-order valence-corrected chi connectivity index (χ4v) is 11.0. The second-order valence-electron chi connectivity index (χ2n) is 22.1. The number of hydrogen-bond acceptors (Lipinski definition) is 19. The molecule has 85 heavy (non-hydrogen) atoms. The van der Waals surface area contributed by atoms with Crippen LogP contribution in [0.5, 0.6) is 5.75 Å². The van der Waals surface area contributed by atoms with Gasteiger partial charge in [0.15, 0.2) is 9.84 Å². The van der Waals surface area contributed by atoms with Crippen LogP contribution in [0.4, 0.5) is 42.0 Å². The molecule has 0 bridgehead atoms. The Morgan fingerprint density at radius 2 is 1.47 bits per heavy atom. The van der Waals surface area contributed by atoms with Crippen LogP contribution >= 0.6 is 0 Å². The van der Waals surface area contributed by atoms with E-state index >= 15 is 0 Å². The number of nitrogens with zero attached hydrogens (tertiary/aromatic N) is 7. The molecule has 2 amide bonds. The summed E-state index contributed by atoms with van der Waals surface area (Å²) in [6.45, 7) is 18.0. The summed E-state index contributed by atoms with van der Waals surface area (Å²) in [7, 11) is -1.81. The number of amides is 2. The van der Waals surface area contributed by atoms with Gasteiger partial charge in [0.05, 0.1) is 75.7 Å². The Hall–Kier alpha value is -6.39. The molecule has 2 aromatic heterocycles. The molecular formula is C60H80F3N11O10S. The van der Waals surface area contributed by atoms with Crippen LogP contribution in [0.1, 0.15) is 48.7 Å². The molecule has 5 heterocycles. The number of pyridine rings is 1. The molecule has 3 aromatic carbocycles. The fraction of sp³-hybridized carbons (Fsp3) is 0.517. The first-order valence-corrected chi connectivity index (χ1v) is 30.6. The van der Waals surface area contributed by atoms with E-state index in [-0.39, 0.29) is 54.6 Å². The lowest BCUT2D eigenvalue weighted by Gasteiger charge is -2.39. The zero-order chi connectivity index (χ0) is 60.4. The third-order valence-electron chi connectivity index (χ3n) is 14.8. The van der Waals surface area contributed by atoms with Crippen LogP contribution in [0.3, 0.4) is 0 Å². The number of nitrogens with one attached hydrogen (secondary N) is 4. The van der Waals surface area contributed by atoms with Crippen molar-refractivity contribution in [2.24, 2.45) is 0 Å². The van der Waals surface area contributed by atoms with Gasteiger partial charge in [0.25, 0.3) is 0 Å². The summed E-state index contributed by atoms with van der Waals surface area (Å²) in [6, 6.07) is 23.0. The van der Waals surface area contributed by atoms with Crippen molar-refractivity contribution in [2.45, 2.75) is 62.3 Å². The normalized spacial score (nSPS) is 17.6. The Morgan fingerprint density at radius 3 is 2.16 bits per heavy atom. The lowest BCUT2D eigenvalue weighted by Crippen LogP contribution is -2.59. The number of alkyl halides is 3. The van der Waals surface area contributed by atoms with Gasteiger partial charge >= 0.3 is 6.18 Å². The van der Waals surface area contributed by atoms with Crippen LogP contribution < -0.4 is 30.9 Å². The maximum atomic E-state index is 14.0. The van der Waals surface area contributed by atoms with Gasteiger partial charge in [0.2, 0.25) is 17.8 Å². The van der Waals surface area contributed by atoms with E-state index in [9.17, 15) is 31.2 Å². The van der Waals surface area contributed by atoms with E-state index in [1.807, 2.05) is 29.3 Å². The van der Waals surface area contributed by atoms with Crippen LogP contribution in [-0.4, -0.2) is 207 Å². The zero-order valence-corrected chi connectivity index (χ0v) is 49.9. The summed E-state index contributed by atoms with van der Waals surface area (Å²) in [5.41, 5.74) is 3.96. The number of benzene rings is 3. The predicted octanol–water partition coefficient (Wildman–Crippen LogP) is 5.87. The summed E-state index contributed by atoms with van der Waals surface area (Å²) in [5, 5.41) is 11.7. The highest BCUT2D eigenvalue weighted by Crippen LogP contribution is 2.40. The van der Waals surface area contributed by atoms with E-state index in [0.717, 1.165) is 86.9 Å². The summed E-state index contributed by atoms with van der Waals surface area (Å²) < 4.78 is 99.7. The van der Waals surface area contributed by atoms with E-state index in [0.29, 0.717) is 94.9 Å². The molecular weight excluding hydrogens is 1120 g/mol. The number of sulfone groups is 1. The van der Waals surface area contributed by atoms with Crippen LogP contribution in [0.15, 0.2) is 96.2 Å². The second-order valence-corrected chi connectivity index (χ2v) is 24.1. The highest BCUT2D eigenvalue weighted by molar-refractivity contribution is 7.90. The third kappa shape index (κ3) is 19.6. The molecule has 0 saturated carbocycles. The van der Waals surface area contributed by atoms with Gasteiger partial charge in [-0.25, -0.2) is 13.4 Å². The number of aromatic nitrogens is 3. The Labute approximate surface area is 496 Å². The number of para-hydroxylation sites is 1. The quantitative estimate of drug-likeness (QED) is 0.0381. The lowest BCUT2D eigenvalue weighted by atomic mass is 9.91. The highest BCUT2D eigenvalue weighted by Gasteiger charge is 2.41. The molecule has 2 atom stereocenters. The number of halogens is 3. The van der Waals surface area contributed by atoms with Gasteiger partial charge in [-0.3, -0.25) is 29.3 Å². The molecule has 2 fully saturated rings. The first-order valence-electron chi connectivity index (χ1n) is 28.7.